The van der Waals surface area contributed by atoms with Gasteiger partial charge in [-0.1, -0.05) is 6.42 Å². The molecule has 0 saturated carbocycles. The highest BCUT2D eigenvalue weighted by molar-refractivity contribution is 6.17. The molecule has 0 heterocycles. The molecule has 53 valence electrons. The standard InChI is InChI=1S/C6H11ClNO/c7-5-3-1-2-4-6(8)9/h8H,1-5H2. The Hall–Kier alpha value is -0.240. The lowest BCUT2D eigenvalue weighted by Crippen LogP contribution is -1.96. The highest BCUT2D eigenvalue weighted by Gasteiger charge is 1.93. The van der Waals surface area contributed by atoms with Crippen LogP contribution >= 0.6 is 11.6 Å². The number of unbranched alkanes of at least 4 members (excludes halogenated alkanes) is 2. The van der Waals surface area contributed by atoms with Crippen molar-refractivity contribution < 1.29 is 4.79 Å². The first kappa shape index (κ1) is 8.76. The molecule has 1 radical (unpaired) electrons. The summed E-state index contributed by atoms with van der Waals surface area (Å²) >= 11 is 5.39. The third-order valence-corrected chi connectivity index (χ3v) is 1.30. The highest BCUT2D eigenvalue weighted by atomic mass is 35.5. The first-order valence-corrected chi connectivity index (χ1v) is 3.61. The molecule has 0 unspecified atom stereocenters. The van der Waals surface area contributed by atoms with Crippen molar-refractivity contribution in [3.05, 3.63) is 0 Å². The number of halogens is 1. The molecule has 0 aromatic rings. The minimum absolute atomic E-state index is 0.386. The summed E-state index contributed by atoms with van der Waals surface area (Å²) in [6.07, 6.45) is 3.12. The van der Waals surface area contributed by atoms with Crippen LogP contribution in [0.4, 0.5) is 0 Å². The molecule has 3 heteroatoms. The van der Waals surface area contributed by atoms with E-state index in [1.807, 2.05) is 0 Å². The third-order valence-electron chi connectivity index (χ3n) is 1.04. The molecule has 0 rings (SSSR count). The van der Waals surface area contributed by atoms with E-state index in [2.05, 4.69) is 0 Å². The van der Waals surface area contributed by atoms with Crippen molar-refractivity contribution >= 4 is 17.5 Å². The summed E-state index contributed by atoms with van der Waals surface area (Å²) in [6, 6.07) is 0. The van der Waals surface area contributed by atoms with Crippen molar-refractivity contribution in [2.24, 2.45) is 0 Å². The number of carbonyl (C=O) groups excluding carboxylic acids is 1. The number of nitrogens with one attached hydrogen (secondary N) is 1. The van der Waals surface area contributed by atoms with Gasteiger partial charge in [-0.3, -0.25) is 10.5 Å². The van der Waals surface area contributed by atoms with Crippen LogP contribution in [-0.2, 0) is 4.79 Å². The van der Waals surface area contributed by atoms with E-state index in [0.29, 0.717) is 12.3 Å². The minimum atomic E-state index is -0.468. The molecule has 2 nitrogen and oxygen atoms in total. The fourth-order valence-electron chi connectivity index (χ4n) is 0.557. The van der Waals surface area contributed by atoms with E-state index >= 15 is 0 Å². The summed E-state index contributed by atoms with van der Waals surface area (Å²) < 4.78 is 0. The van der Waals surface area contributed by atoms with Gasteiger partial charge in [-0.25, -0.2) is 0 Å². The van der Waals surface area contributed by atoms with Gasteiger partial charge in [0.05, 0.1) is 0 Å². The van der Waals surface area contributed by atoms with Crippen LogP contribution in [0, 0.1) is 0 Å². The van der Waals surface area contributed by atoms with Crippen LogP contribution < -0.4 is 5.73 Å². The normalized spacial score (nSPS) is 9.44. The van der Waals surface area contributed by atoms with Crippen LogP contribution in [0.3, 0.4) is 0 Å². The number of hydrogen-bond donors (Lipinski definition) is 0. The molecular weight excluding hydrogens is 138 g/mol. The molecule has 1 N–H and O–H groups in total. The molecule has 0 aliphatic rings. The fourth-order valence-corrected chi connectivity index (χ4v) is 0.746. The van der Waals surface area contributed by atoms with Crippen molar-refractivity contribution in [2.45, 2.75) is 25.7 Å². The van der Waals surface area contributed by atoms with Crippen molar-refractivity contribution in [3.63, 3.8) is 0 Å². The van der Waals surface area contributed by atoms with E-state index in [0.717, 1.165) is 19.3 Å². The van der Waals surface area contributed by atoms with Crippen molar-refractivity contribution in [1.82, 2.24) is 5.73 Å². The minimum Gasteiger partial charge on any atom is -0.273 e. The van der Waals surface area contributed by atoms with E-state index in [1.54, 1.807) is 0 Å². The predicted molar refractivity (Wildman–Crippen MR) is 37.3 cm³/mol. The number of alkyl halides is 1. The molecule has 1 amide bonds. The van der Waals surface area contributed by atoms with Crippen molar-refractivity contribution in [2.75, 3.05) is 5.88 Å². The summed E-state index contributed by atoms with van der Waals surface area (Å²) in [5.74, 6) is 0.191. The van der Waals surface area contributed by atoms with Crippen LogP contribution in [-0.4, -0.2) is 11.8 Å². The van der Waals surface area contributed by atoms with Gasteiger partial charge in [0, 0.05) is 12.3 Å². The van der Waals surface area contributed by atoms with E-state index in [-0.39, 0.29) is 0 Å². The Morgan fingerprint density at radius 1 is 1.33 bits per heavy atom. The fraction of sp³-hybridized carbons (Fsp3) is 0.833. The second-order valence-electron chi connectivity index (χ2n) is 1.92. The second-order valence-corrected chi connectivity index (χ2v) is 2.30. The average molecular weight is 149 g/mol. The van der Waals surface area contributed by atoms with E-state index in [9.17, 15) is 4.79 Å². The zero-order valence-electron chi connectivity index (χ0n) is 5.32. The Balaban J connectivity index is 2.83. The molecule has 0 aromatic heterocycles. The van der Waals surface area contributed by atoms with Crippen molar-refractivity contribution in [1.29, 1.82) is 0 Å². The summed E-state index contributed by atoms with van der Waals surface area (Å²) in [5, 5.41) is 0. The van der Waals surface area contributed by atoms with E-state index in [4.69, 9.17) is 17.3 Å². The van der Waals surface area contributed by atoms with Gasteiger partial charge in [0.1, 0.15) is 0 Å². The van der Waals surface area contributed by atoms with Crippen LogP contribution in [0.2, 0.25) is 0 Å². The maximum atomic E-state index is 10.0. The van der Waals surface area contributed by atoms with Gasteiger partial charge in [-0.15, -0.1) is 11.6 Å². The SMILES string of the molecule is [NH]C(=O)CCCCCCl. The smallest absolute Gasteiger partial charge is 0.238 e. The third kappa shape index (κ3) is 7.76. The highest BCUT2D eigenvalue weighted by Crippen LogP contribution is 1.99. The molecule has 0 saturated heterocycles. The molecular formula is C6H11ClNO. The van der Waals surface area contributed by atoms with Crippen LogP contribution in [0.1, 0.15) is 25.7 Å². The second kappa shape index (κ2) is 5.89. The Morgan fingerprint density at radius 3 is 2.44 bits per heavy atom. The van der Waals surface area contributed by atoms with Crippen LogP contribution in [0.5, 0.6) is 0 Å². The lowest BCUT2D eigenvalue weighted by molar-refractivity contribution is -0.118. The largest absolute Gasteiger partial charge is 0.273 e. The molecule has 0 aliphatic heterocycles. The molecule has 0 atom stereocenters. The lowest BCUT2D eigenvalue weighted by Gasteiger charge is -1.92. The molecule has 0 aromatic carbocycles. The Morgan fingerprint density at radius 2 is 2.00 bits per heavy atom. The molecule has 0 aliphatic carbocycles. The molecule has 0 bridgehead atoms. The number of hydrogen-bond acceptors (Lipinski definition) is 1. The maximum Gasteiger partial charge on any atom is 0.238 e. The summed E-state index contributed by atoms with van der Waals surface area (Å²) in [5.41, 5.74) is 6.54. The summed E-state index contributed by atoms with van der Waals surface area (Å²) in [7, 11) is 0. The Labute approximate surface area is 60.4 Å². The van der Waals surface area contributed by atoms with Gasteiger partial charge in [0.25, 0.3) is 0 Å². The van der Waals surface area contributed by atoms with E-state index in [1.165, 1.54) is 0 Å². The lowest BCUT2D eigenvalue weighted by atomic mass is 10.2. The summed E-state index contributed by atoms with van der Waals surface area (Å²) in [4.78, 5) is 10.0. The Kier molecular flexibility index (Phi) is 5.73. The molecule has 0 fully saturated rings. The topological polar surface area (TPSA) is 40.9 Å². The van der Waals surface area contributed by atoms with E-state index < -0.39 is 5.91 Å². The zero-order valence-corrected chi connectivity index (χ0v) is 6.08. The monoisotopic (exact) mass is 148 g/mol. The summed E-state index contributed by atoms with van der Waals surface area (Å²) in [6.45, 7) is 0. The quantitative estimate of drug-likeness (QED) is 0.431. The van der Waals surface area contributed by atoms with Crippen LogP contribution in [0.25, 0.3) is 0 Å². The van der Waals surface area contributed by atoms with Crippen LogP contribution in [0.15, 0.2) is 0 Å². The Bertz CT molecular complexity index is 85.1. The molecule has 9 heavy (non-hydrogen) atoms. The number of amides is 1. The first-order chi connectivity index (χ1) is 4.27. The van der Waals surface area contributed by atoms with Gasteiger partial charge in [0.15, 0.2) is 0 Å². The molecule has 0 spiro atoms. The predicted octanol–water partition coefficient (Wildman–Crippen LogP) is 1.60. The maximum absolute atomic E-state index is 10.0. The van der Waals surface area contributed by atoms with Gasteiger partial charge >= 0.3 is 0 Å². The number of carbonyl (C=O) groups is 1. The number of rotatable bonds is 5. The van der Waals surface area contributed by atoms with Gasteiger partial charge < -0.3 is 0 Å². The first-order valence-electron chi connectivity index (χ1n) is 3.07. The van der Waals surface area contributed by atoms with Crippen molar-refractivity contribution in [3.8, 4) is 0 Å². The van der Waals surface area contributed by atoms with Gasteiger partial charge in [-0.2, -0.15) is 0 Å². The van der Waals surface area contributed by atoms with Gasteiger partial charge in [-0.05, 0) is 12.8 Å². The van der Waals surface area contributed by atoms with Gasteiger partial charge in [0.2, 0.25) is 5.91 Å². The zero-order chi connectivity index (χ0) is 7.11. The average Bonchev–Trinajstić information content (AvgIpc) is 1.80.